The van der Waals surface area contributed by atoms with Crippen LogP contribution in [0.25, 0.3) is 22.4 Å². The van der Waals surface area contributed by atoms with E-state index in [9.17, 15) is 19.8 Å². The summed E-state index contributed by atoms with van der Waals surface area (Å²) in [4.78, 5) is 28.8. The number of carboxylic acids is 1. The Hall–Kier alpha value is -4.01. The van der Waals surface area contributed by atoms with Crippen LogP contribution in [0, 0.1) is 0 Å². The smallest absolute Gasteiger partial charge is 0.340 e. The molecule has 2 aromatic carbocycles. The number of aliphatic carboxylic acids is 1. The second-order valence-corrected chi connectivity index (χ2v) is 8.62. The molecule has 0 aliphatic heterocycles. The molecule has 2 unspecified atom stereocenters. The van der Waals surface area contributed by atoms with Gasteiger partial charge in [0.05, 0.1) is 5.69 Å². The van der Waals surface area contributed by atoms with E-state index in [2.05, 4.69) is 20.5 Å². The second kappa shape index (κ2) is 10.1. The maximum absolute atomic E-state index is 12.7. The van der Waals surface area contributed by atoms with Crippen LogP contribution in [0.3, 0.4) is 0 Å². The number of nitrogens with one attached hydrogen (secondary N) is 2. The van der Waals surface area contributed by atoms with Crippen LogP contribution in [0.4, 0.5) is 0 Å². The number of amides is 1. The molecule has 0 fully saturated rings. The summed E-state index contributed by atoms with van der Waals surface area (Å²) in [6.45, 7) is 1.62. The Kier molecular flexibility index (Phi) is 6.95. The minimum absolute atomic E-state index is 0.121. The lowest BCUT2D eigenvalue weighted by atomic mass is 9.86. The molecule has 4 rings (SSSR count). The van der Waals surface area contributed by atoms with Crippen molar-refractivity contribution < 1.29 is 19.8 Å². The number of rotatable bonds is 8. The SMILES string of the molecule is CC(CC(O)(C(=O)O)c1ccc(-c2ccccc2)c(Cl)c1)NC(=O)c1cc(-c2cccnc2)n[nH]1. The molecular formula is C26H23ClN4O4. The number of carboxylic acid groups (broad SMARTS) is 1. The first-order chi connectivity index (χ1) is 16.8. The summed E-state index contributed by atoms with van der Waals surface area (Å²) in [6.07, 6.45) is 2.98. The van der Waals surface area contributed by atoms with Crippen molar-refractivity contribution in [2.24, 2.45) is 0 Å². The van der Waals surface area contributed by atoms with E-state index in [1.807, 2.05) is 36.4 Å². The molecule has 8 nitrogen and oxygen atoms in total. The molecule has 35 heavy (non-hydrogen) atoms. The number of carbonyl (C=O) groups excluding carboxylic acids is 1. The normalized spacial score (nSPS) is 13.6. The van der Waals surface area contributed by atoms with Crippen LogP contribution in [0.2, 0.25) is 5.02 Å². The molecule has 0 aliphatic rings. The van der Waals surface area contributed by atoms with Crippen molar-refractivity contribution in [2.45, 2.75) is 25.0 Å². The first-order valence-electron chi connectivity index (χ1n) is 10.9. The molecule has 0 spiro atoms. The van der Waals surface area contributed by atoms with Gasteiger partial charge in [-0.25, -0.2) is 4.79 Å². The van der Waals surface area contributed by atoms with Gasteiger partial charge in [-0.15, -0.1) is 0 Å². The standard InChI is InChI=1S/C26H23ClN4O4/c1-16(29-24(32)23-13-22(30-31-23)18-8-5-11-28-15-18)14-26(35,25(33)34)19-9-10-20(21(27)12-19)17-6-3-2-4-7-17/h2-13,15-16,35H,14H2,1H3,(H,29,32)(H,30,31)(H,33,34). The molecule has 1 amide bonds. The monoisotopic (exact) mass is 490 g/mol. The lowest BCUT2D eigenvalue weighted by Crippen LogP contribution is -2.44. The summed E-state index contributed by atoms with van der Waals surface area (Å²) in [7, 11) is 0. The van der Waals surface area contributed by atoms with Gasteiger partial charge >= 0.3 is 5.97 Å². The minimum Gasteiger partial charge on any atom is -0.479 e. The van der Waals surface area contributed by atoms with Gasteiger partial charge in [-0.1, -0.05) is 54.1 Å². The Bertz CT molecular complexity index is 1340. The van der Waals surface area contributed by atoms with Crippen LogP contribution in [0.5, 0.6) is 0 Å². The number of pyridine rings is 1. The summed E-state index contributed by atoms with van der Waals surface area (Å²) in [5, 5.41) is 30.8. The maximum atomic E-state index is 12.7. The Balaban J connectivity index is 1.50. The van der Waals surface area contributed by atoms with Gasteiger partial charge < -0.3 is 15.5 Å². The third-order valence-corrected chi connectivity index (χ3v) is 5.96. The van der Waals surface area contributed by atoms with E-state index < -0.39 is 23.5 Å². The predicted octanol–water partition coefficient (Wildman–Crippen LogP) is 4.27. The van der Waals surface area contributed by atoms with Gasteiger partial charge in [0.1, 0.15) is 5.69 Å². The molecule has 0 aliphatic carbocycles. The number of halogens is 1. The largest absolute Gasteiger partial charge is 0.479 e. The number of aromatic nitrogens is 3. The van der Waals surface area contributed by atoms with Crippen molar-refractivity contribution in [3.8, 4) is 22.4 Å². The molecule has 0 saturated carbocycles. The van der Waals surface area contributed by atoms with Gasteiger partial charge in [0.2, 0.25) is 0 Å². The number of carbonyl (C=O) groups is 2. The lowest BCUT2D eigenvalue weighted by Gasteiger charge is -2.28. The average Bonchev–Trinajstić information content (AvgIpc) is 3.35. The summed E-state index contributed by atoms with van der Waals surface area (Å²) < 4.78 is 0. The molecule has 4 aromatic rings. The zero-order chi connectivity index (χ0) is 25.0. The number of benzene rings is 2. The number of aromatic amines is 1. The average molecular weight is 491 g/mol. The first-order valence-corrected chi connectivity index (χ1v) is 11.2. The highest BCUT2D eigenvalue weighted by atomic mass is 35.5. The van der Waals surface area contributed by atoms with Crippen molar-refractivity contribution >= 4 is 23.5 Å². The quantitative estimate of drug-likeness (QED) is 0.292. The van der Waals surface area contributed by atoms with E-state index >= 15 is 0 Å². The van der Waals surface area contributed by atoms with Crippen LogP contribution >= 0.6 is 11.6 Å². The highest BCUT2D eigenvalue weighted by Crippen LogP contribution is 2.34. The number of hydrogen-bond donors (Lipinski definition) is 4. The highest BCUT2D eigenvalue weighted by Gasteiger charge is 2.40. The van der Waals surface area contributed by atoms with Gasteiger partial charge in [0.15, 0.2) is 5.60 Å². The van der Waals surface area contributed by atoms with Gasteiger partial charge in [-0.3, -0.25) is 14.9 Å². The molecule has 0 bridgehead atoms. The Morgan fingerprint density at radius 1 is 1.09 bits per heavy atom. The topological polar surface area (TPSA) is 128 Å². The third kappa shape index (κ3) is 5.24. The Morgan fingerprint density at radius 2 is 1.83 bits per heavy atom. The number of hydrogen-bond acceptors (Lipinski definition) is 5. The second-order valence-electron chi connectivity index (χ2n) is 8.21. The number of nitrogens with zero attached hydrogens (tertiary/aromatic N) is 2. The number of aliphatic hydroxyl groups is 1. The Labute approximate surface area is 206 Å². The molecule has 4 N–H and O–H groups in total. The molecule has 2 aromatic heterocycles. The number of H-pyrrole nitrogens is 1. The fourth-order valence-electron chi connectivity index (χ4n) is 3.85. The summed E-state index contributed by atoms with van der Waals surface area (Å²) in [6, 6.07) is 18.5. The molecule has 2 atom stereocenters. The van der Waals surface area contributed by atoms with Crippen LogP contribution in [0.15, 0.2) is 79.1 Å². The van der Waals surface area contributed by atoms with Crippen molar-refractivity contribution in [2.75, 3.05) is 0 Å². The molecule has 0 saturated heterocycles. The van der Waals surface area contributed by atoms with Crippen LogP contribution < -0.4 is 5.32 Å². The van der Waals surface area contributed by atoms with Gasteiger partial charge in [-0.05, 0) is 42.3 Å². The van der Waals surface area contributed by atoms with E-state index in [-0.39, 0.29) is 17.7 Å². The highest BCUT2D eigenvalue weighted by molar-refractivity contribution is 6.33. The molecular weight excluding hydrogens is 468 g/mol. The van der Waals surface area contributed by atoms with Gasteiger partial charge in [0.25, 0.3) is 5.91 Å². The summed E-state index contributed by atoms with van der Waals surface area (Å²) >= 11 is 6.44. The zero-order valence-corrected chi connectivity index (χ0v) is 19.5. The van der Waals surface area contributed by atoms with Crippen molar-refractivity contribution in [3.63, 3.8) is 0 Å². The molecule has 178 valence electrons. The Morgan fingerprint density at radius 3 is 2.49 bits per heavy atom. The fourth-order valence-corrected chi connectivity index (χ4v) is 4.14. The van der Waals surface area contributed by atoms with E-state index in [0.717, 1.165) is 11.1 Å². The fraction of sp³-hybridized carbons (Fsp3) is 0.154. The van der Waals surface area contributed by atoms with Crippen molar-refractivity contribution in [1.29, 1.82) is 0 Å². The maximum Gasteiger partial charge on any atom is 0.340 e. The van der Waals surface area contributed by atoms with Crippen molar-refractivity contribution in [1.82, 2.24) is 20.5 Å². The van der Waals surface area contributed by atoms with Gasteiger partial charge in [-0.2, -0.15) is 5.10 Å². The lowest BCUT2D eigenvalue weighted by molar-refractivity contribution is -0.161. The van der Waals surface area contributed by atoms with Crippen LogP contribution in [0.1, 0.15) is 29.4 Å². The molecule has 2 heterocycles. The van der Waals surface area contributed by atoms with E-state index in [1.54, 1.807) is 37.5 Å². The van der Waals surface area contributed by atoms with E-state index in [4.69, 9.17) is 11.6 Å². The summed E-state index contributed by atoms with van der Waals surface area (Å²) in [5.74, 6) is -1.92. The third-order valence-electron chi connectivity index (χ3n) is 5.64. The van der Waals surface area contributed by atoms with E-state index in [1.165, 1.54) is 12.1 Å². The van der Waals surface area contributed by atoms with Gasteiger partial charge in [0, 0.05) is 41.0 Å². The first kappa shape index (κ1) is 24.1. The minimum atomic E-state index is -2.26. The van der Waals surface area contributed by atoms with E-state index in [0.29, 0.717) is 16.3 Å². The van der Waals surface area contributed by atoms with Crippen molar-refractivity contribution in [3.05, 3.63) is 95.4 Å². The van der Waals surface area contributed by atoms with Crippen LogP contribution in [-0.2, 0) is 10.4 Å². The summed E-state index contributed by atoms with van der Waals surface area (Å²) in [5.41, 5.74) is 0.932. The molecule has 9 heteroatoms. The van der Waals surface area contributed by atoms with Crippen LogP contribution in [-0.4, -0.2) is 43.3 Å². The molecule has 0 radical (unpaired) electrons. The zero-order valence-electron chi connectivity index (χ0n) is 18.8. The predicted molar refractivity (Wildman–Crippen MR) is 132 cm³/mol.